The van der Waals surface area contributed by atoms with Crippen molar-refractivity contribution in [2.75, 3.05) is 19.7 Å². The van der Waals surface area contributed by atoms with Crippen LogP contribution >= 0.6 is 11.8 Å². The number of nitrogens with zero attached hydrogens (tertiary/aromatic N) is 1. The Kier molecular flexibility index (Phi) is 15.5. The molecule has 5 atom stereocenters. The molecule has 1 aliphatic rings. The number of hydrogen-bond donors (Lipinski definition) is 4. The molecular weight excluding hydrogens is 474 g/mol. The van der Waals surface area contributed by atoms with E-state index in [0.29, 0.717) is 0 Å². The van der Waals surface area contributed by atoms with Crippen molar-refractivity contribution in [3.63, 3.8) is 0 Å². The Morgan fingerprint density at radius 3 is 1.92 bits per heavy atom. The molecule has 0 amide bonds. The summed E-state index contributed by atoms with van der Waals surface area (Å²) >= 11 is 1.85. The molecule has 3 rings (SSSR count). The monoisotopic (exact) mass is 521 g/mol. The van der Waals surface area contributed by atoms with E-state index in [1.165, 1.54) is 26.5 Å². The highest BCUT2D eigenvalue weighted by molar-refractivity contribution is 7.99. The molecular formula is C29H47NO5S. The second-order valence-electron chi connectivity index (χ2n) is 8.89. The van der Waals surface area contributed by atoms with Gasteiger partial charge in [-0.3, -0.25) is 4.90 Å². The summed E-state index contributed by atoms with van der Waals surface area (Å²) in [7, 11) is 0. The first-order chi connectivity index (χ1) is 17.2. The van der Waals surface area contributed by atoms with Gasteiger partial charge in [-0.1, -0.05) is 75.4 Å². The third-order valence-electron chi connectivity index (χ3n) is 5.89. The van der Waals surface area contributed by atoms with Crippen molar-refractivity contribution in [2.24, 2.45) is 0 Å². The van der Waals surface area contributed by atoms with E-state index in [1.54, 1.807) is 0 Å². The van der Waals surface area contributed by atoms with Crippen LogP contribution in [0.15, 0.2) is 52.3 Å². The first kappa shape index (κ1) is 32.6. The van der Waals surface area contributed by atoms with Crippen LogP contribution in [0.3, 0.4) is 0 Å². The van der Waals surface area contributed by atoms with Gasteiger partial charge in [-0.25, -0.2) is 0 Å². The lowest BCUT2D eigenvalue weighted by Crippen LogP contribution is -2.63. The number of aliphatic hydroxyl groups excluding tert-OH is 4. The third kappa shape index (κ3) is 9.45. The Labute approximate surface area is 222 Å². The second-order valence-corrected chi connectivity index (χ2v) is 9.98. The Morgan fingerprint density at radius 2 is 1.39 bits per heavy atom. The molecule has 0 aliphatic carbocycles. The summed E-state index contributed by atoms with van der Waals surface area (Å²) in [6, 6.07) is 15.1. The van der Waals surface area contributed by atoms with Crippen LogP contribution in [-0.4, -0.2) is 75.7 Å². The maximum atomic E-state index is 9.99. The second kappa shape index (κ2) is 17.1. The van der Waals surface area contributed by atoms with Gasteiger partial charge in [0.05, 0.1) is 6.61 Å². The highest BCUT2D eigenvalue weighted by atomic mass is 32.2. The molecule has 5 unspecified atom stereocenters. The maximum Gasteiger partial charge on any atom is 0.140 e. The smallest absolute Gasteiger partial charge is 0.140 e. The lowest BCUT2D eigenvalue weighted by atomic mass is 9.97. The Bertz CT molecular complexity index is 872. The van der Waals surface area contributed by atoms with E-state index >= 15 is 0 Å². The highest BCUT2D eigenvalue weighted by Crippen LogP contribution is 2.32. The van der Waals surface area contributed by atoms with Gasteiger partial charge in [0.25, 0.3) is 0 Å². The van der Waals surface area contributed by atoms with E-state index in [4.69, 9.17) is 9.84 Å². The average Bonchev–Trinajstić information content (AvgIpc) is 2.87. The Morgan fingerprint density at radius 1 is 0.806 bits per heavy atom. The largest absolute Gasteiger partial charge is 0.394 e. The molecule has 1 saturated heterocycles. The first-order valence-electron chi connectivity index (χ1n) is 13.1. The number of ether oxygens (including phenoxy) is 1. The molecule has 6 nitrogen and oxygen atoms in total. The fourth-order valence-corrected chi connectivity index (χ4v) is 5.00. The molecule has 0 bridgehead atoms. The van der Waals surface area contributed by atoms with Crippen LogP contribution in [0.25, 0.3) is 0 Å². The molecule has 0 saturated carbocycles. The van der Waals surface area contributed by atoms with Gasteiger partial charge in [0, 0.05) is 22.9 Å². The molecule has 1 aliphatic heterocycles. The number of rotatable bonds is 8. The maximum absolute atomic E-state index is 9.99. The van der Waals surface area contributed by atoms with Crippen LogP contribution in [0.5, 0.6) is 0 Å². The normalized spacial score (nSPS) is 23.4. The Hall–Kier alpha value is -1.45. The number of aliphatic hydroxyl groups is 4. The first-order valence-corrected chi connectivity index (χ1v) is 13.9. The van der Waals surface area contributed by atoms with Crippen molar-refractivity contribution in [1.82, 2.24) is 4.90 Å². The summed E-state index contributed by atoms with van der Waals surface area (Å²) in [6.07, 6.45) is -3.46. The van der Waals surface area contributed by atoms with Gasteiger partial charge in [-0.2, -0.15) is 0 Å². The molecule has 1 fully saturated rings. The molecule has 0 radical (unpaired) electrons. The molecule has 7 heteroatoms. The average molecular weight is 522 g/mol. The SMILES string of the molecule is CC.CCCN(CCC)C1OC(CO)C(O)C(O)C1O.Cc1ccc(Sc2ccccc2C)c(C)c1. The number of benzene rings is 2. The molecule has 0 aromatic heterocycles. The van der Waals surface area contributed by atoms with Gasteiger partial charge in [0.15, 0.2) is 0 Å². The molecule has 0 spiro atoms. The lowest BCUT2D eigenvalue weighted by molar-refractivity contribution is -0.265. The zero-order valence-corrected chi connectivity index (χ0v) is 23.8. The van der Waals surface area contributed by atoms with Crippen LogP contribution in [0, 0.1) is 20.8 Å². The minimum Gasteiger partial charge on any atom is -0.394 e. The van der Waals surface area contributed by atoms with Crippen LogP contribution < -0.4 is 0 Å². The summed E-state index contributed by atoms with van der Waals surface area (Å²) in [5.74, 6) is 0. The summed E-state index contributed by atoms with van der Waals surface area (Å²) in [5, 5.41) is 38.6. The molecule has 1 heterocycles. The number of aryl methyl sites for hydroxylation is 3. The summed E-state index contributed by atoms with van der Waals surface area (Å²) < 4.78 is 5.51. The van der Waals surface area contributed by atoms with Crippen LogP contribution in [0.1, 0.15) is 57.2 Å². The lowest BCUT2D eigenvalue weighted by Gasteiger charge is -2.44. The van der Waals surface area contributed by atoms with Crippen molar-refractivity contribution in [3.8, 4) is 0 Å². The van der Waals surface area contributed by atoms with E-state index in [-0.39, 0.29) is 6.61 Å². The molecule has 4 N–H and O–H groups in total. The summed E-state index contributed by atoms with van der Waals surface area (Å²) in [4.78, 5) is 4.62. The minimum atomic E-state index is -1.29. The van der Waals surface area contributed by atoms with Crippen molar-refractivity contribution < 1.29 is 25.2 Å². The van der Waals surface area contributed by atoms with Crippen LogP contribution in [0.2, 0.25) is 0 Å². The van der Waals surface area contributed by atoms with E-state index in [1.807, 2.05) is 44.4 Å². The highest BCUT2D eigenvalue weighted by Gasteiger charge is 2.45. The fraction of sp³-hybridized carbons (Fsp3) is 0.586. The van der Waals surface area contributed by atoms with Gasteiger partial charge >= 0.3 is 0 Å². The van der Waals surface area contributed by atoms with Crippen molar-refractivity contribution in [3.05, 3.63) is 59.2 Å². The topological polar surface area (TPSA) is 93.4 Å². The van der Waals surface area contributed by atoms with Gasteiger partial charge in [0.1, 0.15) is 30.6 Å². The van der Waals surface area contributed by atoms with Gasteiger partial charge < -0.3 is 25.2 Å². The predicted octanol–water partition coefficient (Wildman–Crippen LogP) is 4.70. The Balaban J connectivity index is 0.000000338. The van der Waals surface area contributed by atoms with E-state index in [0.717, 1.165) is 25.9 Å². The summed E-state index contributed by atoms with van der Waals surface area (Å²) in [6.45, 7) is 15.6. The molecule has 2 aromatic carbocycles. The van der Waals surface area contributed by atoms with E-state index in [2.05, 4.69) is 63.2 Å². The summed E-state index contributed by atoms with van der Waals surface area (Å²) in [5.41, 5.74) is 4.02. The van der Waals surface area contributed by atoms with Crippen LogP contribution in [-0.2, 0) is 4.74 Å². The molecule has 204 valence electrons. The van der Waals surface area contributed by atoms with Gasteiger partial charge in [0.2, 0.25) is 0 Å². The van der Waals surface area contributed by atoms with Crippen LogP contribution in [0.4, 0.5) is 0 Å². The predicted molar refractivity (Wildman–Crippen MR) is 148 cm³/mol. The van der Waals surface area contributed by atoms with Crippen molar-refractivity contribution >= 4 is 11.8 Å². The van der Waals surface area contributed by atoms with Crippen molar-refractivity contribution in [2.45, 2.75) is 102 Å². The third-order valence-corrected chi connectivity index (χ3v) is 7.25. The van der Waals surface area contributed by atoms with Gasteiger partial charge in [-0.15, -0.1) is 0 Å². The quantitative estimate of drug-likeness (QED) is 0.400. The molecule has 2 aromatic rings. The fourth-order valence-electron chi connectivity index (χ4n) is 4.03. The van der Waals surface area contributed by atoms with E-state index in [9.17, 15) is 15.3 Å². The van der Waals surface area contributed by atoms with Gasteiger partial charge in [-0.05, 0) is 56.9 Å². The zero-order chi connectivity index (χ0) is 27.3. The van der Waals surface area contributed by atoms with E-state index < -0.39 is 30.6 Å². The standard InChI is InChI=1S/C15H16S.C12H25NO5.C2H6/c1-11-8-9-15(13(3)10-11)16-14-7-5-4-6-12(14)2;1-3-5-13(6-4-2)12-11(17)10(16)9(15)8(7-14)18-12;1-2/h4-10H,1-3H3;8-12,14-17H,3-7H2,1-2H3;1-2H3. The zero-order valence-electron chi connectivity index (χ0n) is 23.0. The number of hydrogen-bond acceptors (Lipinski definition) is 7. The minimum absolute atomic E-state index is 0.381. The molecule has 36 heavy (non-hydrogen) atoms. The van der Waals surface area contributed by atoms with Crippen molar-refractivity contribution in [1.29, 1.82) is 0 Å².